The van der Waals surface area contributed by atoms with Crippen LogP contribution in [0.15, 0.2) is 12.4 Å². The van der Waals surface area contributed by atoms with E-state index in [4.69, 9.17) is 0 Å². The SMILES string of the molecule is CCCn1cc(CN2CCN(C3CNC3)CC2)cn1. The van der Waals surface area contributed by atoms with Crippen molar-refractivity contribution in [3.63, 3.8) is 0 Å². The van der Waals surface area contributed by atoms with Crippen LogP contribution in [0.2, 0.25) is 0 Å². The van der Waals surface area contributed by atoms with Crippen molar-refractivity contribution in [2.75, 3.05) is 39.3 Å². The minimum Gasteiger partial charge on any atom is -0.314 e. The summed E-state index contributed by atoms with van der Waals surface area (Å²) in [5.74, 6) is 0. The lowest BCUT2D eigenvalue weighted by Crippen LogP contribution is -2.61. The van der Waals surface area contributed by atoms with Crippen molar-refractivity contribution in [3.8, 4) is 0 Å². The van der Waals surface area contributed by atoms with Gasteiger partial charge in [-0.1, -0.05) is 6.92 Å². The maximum absolute atomic E-state index is 4.41. The fraction of sp³-hybridized carbons (Fsp3) is 0.786. The molecule has 106 valence electrons. The number of hydrogen-bond acceptors (Lipinski definition) is 4. The molecule has 0 unspecified atom stereocenters. The predicted octanol–water partition coefficient (Wildman–Crippen LogP) is 0.383. The van der Waals surface area contributed by atoms with Crippen molar-refractivity contribution < 1.29 is 0 Å². The number of aromatic nitrogens is 2. The molecular weight excluding hydrogens is 238 g/mol. The van der Waals surface area contributed by atoms with Crippen molar-refractivity contribution >= 4 is 0 Å². The molecule has 2 aliphatic heterocycles. The maximum atomic E-state index is 4.41. The first-order valence-corrected chi connectivity index (χ1v) is 7.53. The highest BCUT2D eigenvalue weighted by Crippen LogP contribution is 2.12. The Kier molecular flexibility index (Phi) is 4.15. The van der Waals surface area contributed by atoms with E-state index >= 15 is 0 Å². The number of nitrogens with zero attached hydrogens (tertiary/aromatic N) is 4. The molecule has 0 spiro atoms. The van der Waals surface area contributed by atoms with Crippen molar-refractivity contribution in [2.24, 2.45) is 0 Å². The van der Waals surface area contributed by atoms with Gasteiger partial charge in [-0.05, 0) is 6.42 Å². The van der Waals surface area contributed by atoms with E-state index < -0.39 is 0 Å². The molecule has 3 heterocycles. The number of piperazine rings is 1. The van der Waals surface area contributed by atoms with Gasteiger partial charge in [0.1, 0.15) is 0 Å². The highest BCUT2D eigenvalue weighted by atomic mass is 15.3. The second-order valence-electron chi connectivity index (χ2n) is 5.74. The summed E-state index contributed by atoms with van der Waals surface area (Å²) in [5, 5.41) is 7.77. The third kappa shape index (κ3) is 3.16. The van der Waals surface area contributed by atoms with Gasteiger partial charge in [0.15, 0.2) is 0 Å². The van der Waals surface area contributed by atoms with Crippen molar-refractivity contribution in [3.05, 3.63) is 18.0 Å². The summed E-state index contributed by atoms with van der Waals surface area (Å²) in [6, 6.07) is 0.800. The summed E-state index contributed by atoms with van der Waals surface area (Å²) in [5.41, 5.74) is 1.35. The van der Waals surface area contributed by atoms with Crippen LogP contribution < -0.4 is 5.32 Å². The summed E-state index contributed by atoms with van der Waals surface area (Å²) in [4.78, 5) is 5.18. The Bertz CT molecular complexity index is 390. The Morgan fingerprint density at radius 3 is 2.68 bits per heavy atom. The van der Waals surface area contributed by atoms with Gasteiger partial charge in [0, 0.05) is 70.2 Å². The zero-order valence-corrected chi connectivity index (χ0v) is 11.9. The largest absolute Gasteiger partial charge is 0.314 e. The Morgan fingerprint density at radius 2 is 2.05 bits per heavy atom. The van der Waals surface area contributed by atoms with Crippen LogP contribution in [-0.2, 0) is 13.1 Å². The van der Waals surface area contributed by atoms with E-state index in [0.29, 0.717) is 0 Å². The smallest absolute Gasteiger partial charge is 0.0534 e. The molecule has 0 amide bonds. The molecule has 19 heavy (non-hydrogen) atoms. The Balaban J connectivity index is 1.45. The molecule has 3 rings (SSSR count). The molecule has 2 fully saturated rings. The van der Waals surface area contributed by atoms with E-state index in [0.717, 1.165) is 25.6 Å². The fourth-order valence-electron chi connectivity index (χ4n) is 2.92. The normalized spacial score (nSPS) is 22.6. The van der Waals surface area contributed by atoms with Gasteiger partial charge in [0.2, 0.25) is 0 Å². The van der Waals surface area contributed by atoms with Crippen molar-refractivity contribution in [1.82, 2.24) is 24.9 Å². The van der Waals surface area contributed by atoms with E-state index in [2.05, 4.69) is 38.0 Å². The van der Waals surface area contributed by atoms with Gasteiger partial charge >= 0.3 is 0 Å². The molecule has 1 N–H and O–H groups in total. The molecule has 0 radical (unpaired) electrons. The van der Waals surface area contributed by atoms with Crippen LogP contribution in [0, 0.1) is 0 Å². The molecule has 2 aliphatic rings. The van der Waals surface area contributed by atoms with Crippen LogP contribution in [0.3, 0.4) is 0 Å². The minimum absolute atomic E-state index is 0.800. The zero-order valence-electron chi connectivity index (χ0n) is 11.9. The topological polar surface area (TPSA) is 36.3 Å². The molecule has 2 saturated heterocycles. The monoisotopic (exact) mass is 263 g/mol. The average Bonchev–Trinajstić information content (AvgIpc) is 2.78. The van der Waals surface area contributed by atoms with E-state index in [1.165, 1.54) is 44.8 Å². The second-order valence-corrected chi connectivity index (χ2v) is 5.74. The molecule has 0 atom stereocenters. The molecule has 0 saturated carbocycles. The summed E-state index contributed by atoms with van der Waals surface area (Å²) < 4.78 is 2.06. The molecule has 5 nitrogen and oxygen atoms in total. The van der Waals surface area contributed by atoms with Gasteiger partial charge in [-0.2, -0.15) is 5.10 Å². The van der Waals surface area contributed by atoms with Gasteiger partial charge in [-0.25, -0.2) is 0 Å². The first-order valence-electron chi connectivity index (χ1n) is 7.53. The molecule has 5 heteroatoms. The van der Waals surface area contributed by atoms with Crippen LogP contribution in [0.1, 0.15) is 18.9 Å². The standard InChI is InChI=1S/C14H25N5/c1-2-3-19-12-13(8-16-19)11-17-4-6-18(7-5-17)14-9-15-10-14/h8,12,14-15H,2-7,9-11H2,1H3. The lowest BCUT2D eigenvalue weighted by Gasteiger charge is -2.43. The molecule has 1 aromatic rings. The molecule has 0 aliphatic carbocycles. The van der Waals surface area contributed by atoms with Gasteiger partial charge in [-0.3, -0.25) is 14.5 Å². The zero-order chi connectivity index (χ0) is 13.1. The first-order chi connectivity index (χ1) is 9.35. The van der Waals surface area contributed by atoms with E-state index in [9.17, 15) is 0 Å². The van der Waals surface area contributed by atoms with E-state index in [-0.39, 0.29) is 0 Å². The third-order valence-electron chi connectivity index (χ3n) is 4.23. The van der Waals surface area contributed by atoms with Crippen molar-refractivity contribution in [1.29, 1.82) is 0 Å². The Morgan fingerprint density at radius 1 is 1.26 bits per heavy atom. The lowest BCUT2D eigenvalue weighted by atomic mass is 10.1. The highest BCUT2D eigenvalue weighted by Gasteiger charge is 2.27. The fourth-order valence-corrected chi connectivity index (χ4v) is 2.92. The van der Waals surface area contributed by atoms with Crippen LogP contribution in [0.4, 0.5) is 0 Å². The number of hydrogen-bond donors (Lipinski definition) is 1. The lowest BCUT2D eigenvalue weighted by molar-refractivity contribution is 0.0695. The summed E-state index contributed by atoms with van der Waals surface area (Å²) >= 11 is 0. The molecule has 0 bridgehead atoms. The first kappa shape index (κ1) is 13.1. The van der Waals surface area contributed by atoms with Gasteiger partial charge in [0.25, 0.3) is 0 Å². The second kappa shape index (κ2) is 6.03. The van der Waals surface area contributed by atoms with Crippen LogP contribution in [0.5, 0.6) is 0 Å². The number of rotatable bonds is 5. The van der Waals surface area contributed by atoms with Gasteiger partial charge in [-0.15, -0.1) is 0 Å². The molecule has 1 aromatic heterocycles. The van der Waals surface area contributed by atoms with Crippen LogP contribution in [-0.4, -0.2) is 64.9 Å². The maximum Gasteiger partial charge on any atom is 0.0534 e. The van der Waals surface area contributed by atoms with Crippen LogP contribution in [0.25, 0.3) is 0 Å². The summed E-state index contributed by atoms with van der Waals surface area (Å²) in [7, 11) is 0. The number of nitrogens with one attached hydrogen (secondary N) is 1. The molecule has 0 aromatic carbocycles. The third-order valence-corrected chi connectivity index (χ3v) is 4.23. The summed E-state index contributed by atoms with van der Waals surface area (Å²) in [6.45, 7) is 11.5. The van der Waals surface area contributed by atoms with Gasteiger partial charge in [0.05, 0.1) is 6.20 Å². The van der Waals surface area contributed by atoms with E-state index in [1.807, 2.05) is 6.20 Å². The predicted molar refractivity (Wildman–Crippen MR) is 76.0 cm³/mol. The van der Waals surface area contributed by atoms with E-state index in [1.54, 1.807) is 0 Å². The Labute approximate surface area is 115 Å². The van der Waals surface area contributed by atoms with Crippen molar-refractivity contribution in [2.45, 2.75) is 32.5 Å². The summed E-state index contributed by atoms with van der Waals surface area (Å²) in [6.07, 6.45) is 5.37. The number of aryl methyl sites for hydroxylation is 1. The average molecular weight is 263 g/mol. The Hall–Kier alpha value is -0.910. The van der Waals surface area contributed by atoms with Gasteiger partial charge < -0.3 is 5.32 Å². The quantitative estimate of drug-likeness (QED) is 0.833. The highest BCUT2D eigenvalue weighted by molar-refractivity contribution is 5.04. The minimum atomic E-state index is 0.800. The van der Waals surface area contributed by atoms with Crippen LogP contribution >= 0.6 is 0 Å². The molecular formula is C14H25N5.